The second kappa shape index (κ2) is 9.36. The van der Waals surface area contributed by atoms with Gasteiger partial charge in [0.1, 0.15) is 5.76 Å². The largest absolute Gasteiger partial charge is 0.445 e. The number of para-hydroxylation sites is 1. The molecule has 0 aliphatic heterocycles. The average Bonchev–Trinajstić information content (AvgIpc) is 3.35. The molecule has 4 aromatic rings. The molecule has 4 rings (SSSR count). The SMILES string of the molecule is Cc1cccc(C)c1-n1c(SCc2nc(C)c(C)o2)nnc1-c1cccc(S(=O)(=O)N(C)C)c1. The number of rotatable bonds is 7. The molecular formula is C24H27N5O3S2. The zero-order valence-corrected chi connectivity index (χ0v) is 21.7. The first-order chi connectivity index (χ1) is 16.1. The Kier molecular flexibility index (Phi) is 6.66. The van der Waals surface area contributed by atoms with E-state index in [-0.39, 0.29) is 4.90 Å². The average molecular weight is 498 g/mol. The molecule has 34 heavy (non-hydrogen) atoms. The van der Waals surface area contributed by atoms with Crippen molar-refractivity contribution in [3.8, 4) is 17.1 Å². The van der Waals surface area contributed by atoms with Crippen LogP contribution in [0.2, 0.25) is 0 Å². The number of sulfonamides is 1. The molecule has 0 unspecified atom stereocenters. The van der Waals surface area contributed by atoms with Gasteiger partial charge in [0.05, 0.1) is 22.0 Å². The van der Waals surface area contributed by atoms with Crippen molar-refractivity contribution < 1.29 is 12.8 Å². The third-order valence-electron chi connectivity index (χ3n) is 5.56. The Balaban J connectivity index is 1.84. The number of benzene rings is 2. The summed E-state index contributed by atoms with van der Waals surface area (Å²) in [7, 11) is -0.561. The van der Waals surface area contributed by atoms with Gasteiger partial charge in [0.15, 0.2) is 11.0 Å². The van der Waals surface area contributed by atoms with Crippen molar-refractivity contribution in [3.63, 3.8) is 0 Å². The van der Waals surface area contributed by atoms with Crippen LogP contribution in [0, 0.1) is 27.7 Å². The van der Waals surface area contributed by atoms with Gasteiger partial charge in [0, 0.05) is 19.7 Å². The Bertz CT molecular complexity index is 1420. The van der Waals surface area contributed by atoms with Crippen LogP contribution in [0.3, 0.4) is 0 Å². The van der Waals surface area contributed by atoms with E-state index in [1.54, 1.807) is 18.2 Å². The Hall–Kier alpha value is -2.95. The fraction of sp³-hybridized carbons (Fsp3) is 0.292. The number of thioether (sulfide) groups is 1. The number of aromatic nitrogens is 4. The predicted octanol–water partition coefficient (Wildman–Crippen LogP) is 4.70. The van der Waals surface area contributed by atoms with E-state index >= 15 is 0 Å². The summed E-state index contributed by atoms with van der Waals surface area (Å²) in [6.45, 7) is 7.88. The normalized spacial score (nSPS) is 12.0. The quantitative estimate of drug-likeness (QED) is 0.342. The van der Waals surface area contributed by atoms with Gasteiger partial charge in [-0.3, -0.25) is 4.57 Å². The molecule has 0 aliphatic carbocycles. The lowest BCUT2D eigenvalue weighted by Gasteiger charge is -2.16. The highest BCUT2D eigenvalue weighted by Gasteiger charge is 2.23. The summed E-state index contributed by atoms with van der Waals surface area (Å²) in [6.07, 6.45) is 0. The van der Waals surface area contributed by atoms with Crippen molar-refractivity contribution in [2.24, 2.45) is 0 Å². The maximum absolute atomic E-state index is 12.7. The van der Waals surface area contributed by atoms with Crippen molar-refractivity contribution in [1.82, 2.24) is 24.1 Å². The lowest BCUT2D eigenvalue weighted by molar-refractivity contribution is 0.489. The molecule has 2 aromatic carbocycles. The fourth-order valence-corrected chi connectivity index (χ4v) is 5.37. The van der Waals surface area contributed by atoms with Gasteiger partial charge in [0.2, 0.25) is 15.9 Å². The second-order valence-electron chi connectivity index (χ2n) is 8.24. The number of aryl methyl sites for hydroxylation is 4. The molecular weight excluding hydrogens is 470 g/mol. The van der Waals surface area contributed by atoms with Gasteiger partial charge in [-0.25, -0.2) is 17.7 Å². The first kappa shape index (κ1) is 24.2. The van der Waals surface area contributed by atoms with Crippen molar-refractivity contribution >= 4 is 21.8 Å². The third-order valence-corrected chi connectivity index (χ3v) is 8.29. The summed E-state index contributed by atoms with van der Waals surface area (Å²) in [6, 6.07) is 12.9. The van der Waals surface area contributed by atoms with E-state index in [0.29, 0.717) is 28.2 Å². The summed E-state index contributed by atoms with van der Waals surface area (Å²) >= 11 is 1.47. The van der Waals surface area contributed by atoms with Gasteiger partial charge in [-0.2, -0.15) is 0 Å². The van der Waals surface area contributed by atoms with Crippen LogP contribution in [0.5, 0.6) is 0 Å². The topological polar surface area (TPSA) is 94.1 Å². The van der Waals surface area contributed by atoms with Gasteiger partial charge in [-0.15, -0.1) is 10.2 Å². The van der Waals surface area contributed by atoms with E-state index < -0.39 is 10.0 Å². The van der Waals surface area contributed by atoms with Crippen LogP contribution in [0.25, 0.3) is 17.1 Å². The number of hydrogen-bond donors (Lipinski definition) is 0. The number of hydrogen-bond acceptors (Lipinski definition) is 7. The molecule has 8 nitrogen and oxygen atoms in total. The molecule has 0 saturated carbocycles. The Morgan fingerprint density at radius 3 is 2.29 bits per heavy atom. The Morgan fingerprint density at radius 2 is 1.68 bits per heavy atom. The molecule has 0 bridgehead atoms. The van der Waals surface area contributed by atoms with Gasteiger partial charge >= 0.3 is 0 Å². The van der Waals surface area contributed by atoms with E-state index in [2.05, 4.69) is 15.2 Å². The maximum Gasteiger partial charge on any atom is 0.242 e. The van der Waals surface area contributed by atoms with E-state index in [1.807, 2.05) is 56.5 Å². The van der Waals surface area contributed by atoms with Gasteiger partial charge < -0.3 is 4.42 Å². The van der Waals surface area contributed by atoms with Crippen molar-refractivity contribution in [3.05, 3.63) is 70.9 Å². The fourth-order valence-electron chi connectivity index (χ4n) is 3.64. The predicted molar refractivity (Wildman–Crippen MR) is 133 cm³/mol. The van der Waals surface area contributed by atoms with Gasteiger partial charge in [-0.05, 0) is 51.0 Å². The first-order valence-corrected chi connectivity index (χ1v) is 13.1. The molecule has 0 saturated heterocycles. The minimum atomic E-state index is -3.59. The highest BCUT2D eigenvalue weighted by atomic mass is 32.2. The minimum absolute atomic E-state index is 0.200. The molecule has 10 heteroatoms. The molecule has 2 heterocycles. The standard InChI is InChI=1S/C24H27N5O3S2/c1-15-9-7-10-16(2)22(15)29-23(19-11-8-12-20(13-19)34(30,31)28(5)6)26-27-24(29)33-14-21-25-17(3)18(4)32-21/h7-13H,14H2,1-6H3. The van der Waals surface area contributed by atoms with E-state index in [1.165, 1.54) is 30.2 Å². The molecule has 2 aromatic heterocycles. The van der Waals surface area contributed by atoms with Crippen LogP contribution < -0.4 is 0 Å². The third kappa shape index (κ3) is 4.53. The lowest BCUT2D eigenvalue weighted by atomic mass is 10.1. The van der Waals surface area contributed by atoms with E-state index in [4.69, 9.17) is 4.42 Å². The number of nitrogens with zero attached hydrogens (tertiary/aromatic N) is 5. The van der Waals surface area contributed by atoms with E-state index in [0.717, 1.165) is 28.3 Å². The zero-order chi connectivity index (χ0) is 24.6. The smallest absolute Gasteiger partial charge is 0.242 e. The molecule has 0 amide bonds. The maximum atomic E-state index is 12.7. The van der Waals surface area contributed by atoms with Gasteiger partial charge in [0.25, 0.3) is 0 Å². The summed E-state index contributed by atoms with van der Waals surface area (Å²) in [5, 5.41) is 9.62. The summed E-state index contributed by atoms with van der Waals surface area (Å²) < 4.78 is 34.4. The minimum Gasteiger partial charge on any atom is -0.445 e. The first-order valence-electron chi connectivity index (χ1n) is 10.7. The van der Waals surface area contributed by atoms with Gasteiger partial charge in [-0.1, -0.05) is 42.1 Å². The zero-order valence-electron chi connectivity index (χ0n) is 20.0. The Labute approximate surface area is 204 Å². The van der Waals surface area contributed by atoms with Crippen LogP contribution in [0.15, 0.2) is 56.9 Å². The van der Waals surface area contributed by atoms with Crippen LogP contribution in [0.4, 0.5) is 0 Å². The van der Waals surface area contributed by atoms with Crippen molar-refractivity contribution in [2.75, 3.05) is 14.1 Å². The molecule has 178 valence electrons. The molecule has 0 atom stereocenters. The monoisotopic (exact) mass is 497 g/mol. The van der Waals surface area contributed by atoms with Crippen LogP contribution >= 0.6 is 11.8 Å². The van der Waals surface area contributed by atoms with Crippen molar-refractivity contribution in [2.45, 2.75) is 43.5 Å². The molecule has 0 aliphatic rings. The summed E-state index contributed by atoms with van der Waals surface area (Å²) in [5.74, 6) is 2.48. The van der Waals surface area contributed by atoms with Crippen LogP contribution in [-0.2, 0) is 15.8 Å². The highest BCUT2D eigenvalue weighted by molar-refractivity contribution is 7.98. The van der Waals surface area contributed by atoms with Crippen molar-refractivity contribution in [1.29, 1.82) is 0 Å². The highest BCUT2D eigenvalue weighted by Crippen LogP contribution is 2.33. The summed E-state index contributed by atoms with van der Waals surface area (Å²) in [5.41, 5.74) is 4.61. The van der Waals surface area contributed by atoms with E-state index in [9.17, 15) is 8.42 Å². The van der Waals surface area contributed by atoms with Crippen LogP contribution in [0.1, 0.15) is 28.5 Å². The Morgan fingerprint density at radius 1 is 1.00 bits per heavy atom. The summed E-state index contributed by atoms with van der Waals surface area (Å²) in [4.78, 5) is 4.67. The number of oxazole rings is 1. The lowest BCUT2D eigenvalue weighted by Crippen LogP contribution is -2.22. The van der Waals surface area contributed by atoms with Crippen LogP contribution in [-0.4, -0.2) is 46.6 Å². The molecule has 0 radical (unpaired) electrons. The second-order valence-corrected chi connectivity index (χ2v) is 11.3. The molecule has 0 spiro atoms. The molecule has 0 fully saturated rings. The molecule has 0 N–H and O–H groups in total.